The molecule has 0 heterocycles. The Morgan fingerprint density at radius 3 is 2.56 bits per heavy atom. The number of nitrogens with zero attached hydrogens (tertiary/aromatic N) is 1. The van der Waals surface area contributed by atoms with Crippen molar-refractivity contribution in [2.24, 2.45) is 5.10 Å². The molecule has 0 bridgehead atoms. The number of hydrogen-bond donors (Lipinski definition) is 2. The molecule has 0 aromatic heterocycles. The van der Waals surface area contributed by atoms with E-state index in [1.807, 2.05) is 19.1 Å². The van der Waals surface area contributed by atoms with Gasteiger partial charge in [-0.25, -0.2) is 5.43 Å². The van der Waals surface area contributed by atoms with Crippen molar-refractivity contribution in [3.63, 3.8) is 0 Å². The first kappa shape index (κ1) is 19.7. The maximum Gasteiger partial charge on any atom is 0.329 e. The van der Waals surface area contributed by atoms with E-state index < -0.39 is 11.8 Å². The Labute approximate surface area is 157 Å². The second-order valence-corrected chi connectivity index (χ2v) is 5.28. The Balaban J connectivity index is 1.85. The molecule has 0 aliphatic rings. The number of amides is 2. The highest BCUT2D eigenvalue weighted by atomic mass is 16.5. The van der Waals surface area contributed by atoms with E-state index in [0.29, 0.717) is 30.4 Å². The lowest BCUT2D eigenvalue weighted by molar-refractivity contribution is -0.136. The molecular weight excluding hydrogens is 346 g/mol. The summed E-state index contributed by atoms with van der Waals surface area (Å²) in [7, 11) is 0. The minimum Gasteiger partial charge on any atom is -0.494 e. The largest absolute Gasteiger partial charge is 0.494 e. The minimum absolute atomic E-state index is 0.388. The third-order valence-corrected chi connectivity index (χ3v) is 3.24. The molecule has 0 atom stereocenters. The van der Waals surface area contributed by atoms with Crippen molar-refractivity contribution < 1.29 is 19.1 Å². The maximum absolute atomic E-state index is 11.9. The first-order chi connectivity index (χ1) is 13.1. The third-order valence-electron chi connectivity index (χ3n) is 3.24. The normalized spacial score (nSPS) is 10.3. The Kier molecular flexibility index (Phi) is 7.59. The maximum atomic E-state index is 11.9. The molecule has 0 aliphatic heterocycles. The van der Waals surface area contributed by atoms with Gasteiger partial charge in [0.05, 0.1) is 12.8 Å². The van der Waals surface area contributed by atoms with Gasteiger partial charge in [-0.2, -0.15) is 5.10 Å². The second-order valence-electron chi connectivity index (χ2n) is 5.28. The summed E-state index contributed by atoms with van der Waals surface area (Å²) in [6.45, 7) is 6.40. The quantitative estimate of drug-likeness (QED) is 0.325. The third kappa shape index (κ3) is 6.66. The summed E-state index contributed by atoms with van der Waals surface area (Å²) in [6.07, 6.45) is 3.06. The van der Waals surface area contributed by atoms with Crippen LogP contribution >= 0.6 is 0 Å². The van der Waals surface area contributed by atoms with Gasteiger partial charge >= 0.3 is 11.8 Å². The van der Waals surface area contributed by atoms with E-state index >= 15 is 0 Å². The average Bonchev–Trinajstić information content (AvgIpc) is 2.68. The van der Waals surface area contributed by atoms with Gasteiger partial charge in [0.15, 0.2) is 0 Å². The molecule has 0 unspecified atom stereocenters. The molecule has 2 N–H and O–H groups in total. The first-order valence-corrected chi connectivity index (χ1v) is 8.33. The average molecular weight is 367 g/mol. The predicted octanol–water partition coefficient (Wildman–Crippen LogP) is 2.74. The van der Waals surface area contributed by atoms with Crippen molar-refractivity contribution >= 4 is 23.7 Å². The summed E-state index contributed by atoms with van der Waals surface area (Å²) in [5.74, 6) is -0.364. The fourth-order valence-corrected chi connectivity index (χ4v) is 2.05. The van der Waals surface area contributed by atoms with E-state index in [1.54, 1.807) is 42.5 Å². The molecule has 140 valence electrons. The zero-order valence-electron chi connectivity index (χ0n) is 15.0. The van der Waals surface area contributed by atoms with E-state index in [1.165, 1.54) is 6.21 Å². The number of carbonyl (C=O) groups is 2. The number of nitrogens with one attached hydrogen (secondary N) is 2. The van der Waals surface area contributed by atoms with Crippen molar-refractivity contribution in [3.8, 4) is 11.5 Å². The van der Waals surface area contributed by atoms with E-state index in [-0.39, 0.29) is 0 Å². The number of hydrazone groups is 1. The monoisotopic (exact) mass is 367 g/mol. The van der Waals surface area contributed by atoms with E-state index in [4.69, 9.17) is 9.47 Å². The molecule has 7 heteroatoms. The van der Waals surface area contributed by atoms with Crippen molar-refractivity contribution in [2.75, 3.05) is 18.5 Å². The molecule has 0 radical (unpaired) electrons. The van der Waals surface area contributed by atoms with Crippen LogP contribution in [0.25, 0.3) is 0 Å². The molecule has 2 amide bonds. The SMILES string of the molecule is C=CCOc1ccc(NC(=O)C(=O)N/N=C\c2cccc(OCC)c2)cc1. The first-order valence-electron chi connectivity index (χ1n) is 8.33. The van der Waals surface area contributed by atoms with E-state index in [9.17, 15) is 9.59 Å². The summed E-state index contributed by atoms with van der Waals surface area (Å²) < 4.78 is 10.7. The van der Waals surface area contributed by atoms with Crippen molar-refractivity contribution in [1.29, 1.82) is 0 Å². The number of carbonyl (C=O) groups excluding carboxylic acids is 2. The van der Waals surface area contributed by atoms with Crippen molar-refractivity contribution in [1.82, 2.24) is 5.43 Å². The molecule has 0 aliphatic carbocycles. The van der Waals surface area contributed by atoms with E-state index in [0.717, 1.165) is 5.56 Å². The van der Waals surface area contributed by atoms with E-state index in [2.05, 4.69) is 22.4 Å². The van der Waals surface area contributed by atoms with Gasteiger partial charge in [0.25, 0.3) is 0 Å². The number of rotatable bonds is 8. The molecule has 7 nitrogen and oxygen atoms in total. The Bertz CT molecular complexity index is 816. The van der Waals surface area contributed by atoms with Gasteiger partial charge in [-0.1, -0.05) is 24.8 Å². The molecular formula is C20H21N3O4. The van der Waals surface area contributed by atoms with Crippen LogP contribution in [0.3, 0.4) is 0 Å². The van der Waals surface area contributed by atoms with Gasteiger partial charge in [-0.3, -0.25) is 9.59 Å². The number of anilines is 1. The Morgan fingerprint density at radius 2 is 1.85 bits per heavy atom. The summed E-state index contributed by atoms with van der Waals surface area (Å²) in [5, 5.41) is 6.26. The smallest absolute Gasteiger partial charge is 0.329 e. The summed E-state index contributed by atoms with van der Waals surface area (Å²) in [4.78, 5) is 23.7. The fraction of sp³-hybridized carbons (Fsp3) is 0.150. The highest BCUT2D eigenvalue weighted by Gasteiger charge is 2.12. The van der Waals surface area contributed by atoms with Gasteiger partial charge < -0.3 is 14.8 Å². The van der Waals surface area contributed by atoms with Crippen LogP contribution in [0, 0.1) is 0 Å². The van der Waals surface area contributed by atoms with Crippen LogP contribution in [0.15, 0.2) is 66.3 Å². The lowest BCUT2D eigenvalue weighted by Crippen LogP contribution is -2.32. The lowest BCUT2D eigenvalue weighted by atomic mass is 10.2. The van der Waals surface area contributed by atoms with Crippen LogP contribution in [0.2, 0.25) is 0 Å². The molecule has 2 rings (SSSR count). The molecule has 0 fully saturated rings. The lowest BCUT2D eigenvalue weighted by Gasteiger charge is -2.06. The van der Waals surface area contributed by atoms with Crippen LogP contribution in [-0.2, 0) is 9.59 Å². The van der Waals surface area contributed by atoms with Crippen LogP contribution in [0.4, 0.5) is 5.69 Å². The van der Waals surface area contributed by atoms with Gasteiger partial charge in [0.2, 0.25) is 0 Å². The molecule has 0 saturated heterocycles. The Hall–Kier alpha value is -3.61. The molecule has 0 saturated carbocycles. The van der Waals surface area contributed by atoms with Crippen LogP contribution in [0.5, 0.6) is 11.5 Å². The minimum atomic E-state index is -0.876. The van der Waals surface area contributed by atoms with Crippen LogP contribution in [-0.4, -0.2) is 31.2 Å². The van der Waals surface area contributed by atoms with Gasteiger partial charge in [0.1, 0.15) is 18.1 Å². The molecule has 2 aromatic carbocycles. The standard InChI is InChI=1S/C20H21N3O4/c1-3-12-27-17-10-8-16(9-11-17)22-19(24)20(25)23-21-14-15-6-5-7-18(13-15)26-4-2/h3,5-11,13-14H,1,4,12H2,2H3,(H,22,24)(H,23,25)/b21-14-. The number of ether oxygens (including phenoxy) is 2. The summed E-state index contributed by atoms with van der Waals surface area (Å²) in [6, 6.07) is 13.8. The van der Waals surface area contributed by atoms with Gasteiger partial charge in [0, 0.05) is 5.69 Å². The number of hydrogen-bond acceptors (Lipinski definition) is 5. The molecule has 0 spiro atoms. The summed E-state index contributed by atoms with van der Waals surface area (Å²) in [5.41, 5.74) is 3.38. The zero-order valence-corrected chi connectivity index (χ0v) is 15.0. The fourth-order valence-electron chi connectivity index (χ4n) is 2.05. The molecule has 27 heavy (non-hydrogen) atoms. The highest BCUT2D eigenvalue weighted by molar-refractivity contribution is 6.39. The topological polar surface area (TPSA) is 89.0 Å². The highest BCUT2D eigenvalue weighted by Crippen LogP contribution is 2.15. The van der Waals surface area contributed by atoms with Crippen LogP contribution in [0.1, 0.15) is 12.5 Å². The van der Waals surface area contributed by atoms with Crippen LogP contribution < -0.4 is 20.2 Å². The van der Waals surface area contributed by atoms with Crippen molar-refractivity contribution in [3.05, 3.63) is 66.7 Å². The second kappa shape index (κ2) is 10.4. The zero-order chi connectivity index (χ0) is 19.5. The summed E-state index contributed by atoms with van der Waals surface area (Å²) >= 11 is 0. The Morgan fingerprint density at radius 1 is 1.07 bits per heavy atom. The van der Waals surface area contributed by atoms with Gasteiger partial charge in [-0.05, 0) is 48.9 Å². The van der Waals surface area contributed by atoms with Crippen molar-refractivity contribution in [2.45, 2.75) is 6.92 Å². The number of benzene rings is 2. The predicted molar refractivity (Wildman–Crippen MR) is 104 cm³/mol. The van der Waals surface area contributed by atoms with Gasteiger partial charge in [-0.15, -0.1) is 0 Å². The molecule has 2 aromatic rings.